The number of pyridine rings is 1. The van der Waals surface area contributed by atoms with Gasteiger partial charge in [-0.15, -0.1) is 0 Å². The SMILES string of the molecule is c1ccc(-c2cc(-c3cnc4ccccc4n3)nc3ccccc23)cc1. The zero-order chi connectivity index (χ0) is 17.3. The van der Waals surface area contributed by atoms with Crippen molar-refractivity contribution in [2.75, 3.05) is 0 Å². The van der Waals surface area contributed by atoms with E-state index in [4.69, 9.17) is 9.97 Å². The van der Waals surface area contributed by atoms with Crippen LogP contribution in [0.4, 0.5) is 0 Å². The molecule has 2 heterocycles. The van der Waals surface area contributed by atoms with Gasteiger partial charge in [-0.25, -0.2) is 9.97 Å². The average molecular weight is 333 g/mol. The van der Waals surface area contributed by atoms with Crippen molar-refractivity contribution in [3.05, 3.63) is 91.1 Å². The molecule has 0 bridgehead atoms. The quantitative estimate of drug-likeness (QED) is 0.427. The van der Waals surface area contributed by atoms with Crippen LogP contribution < -0.4 is 0 Å². The summed E-state index contributed by atoms with van der Waals surface area (Å²) in [5.74, 6) is 0. The van der Waals surface area contributed by atoms with E-state index < -0.39 is 0 Å². The van der Waals surface area contributed by atoms with Crippen molar-refractivity contribution < 1.29 is 0 Å². The lowest BCUT2D eigenvalue weighted by Gasteiger charge is -2.10. The van der Waals surface area contributed by atoms with E-state index in [2.05, 4.69) is 41.4 Å². The van der Waals surface area contributed by atoms with Gasteiger partial charge in [-0.3, -0.25) is 4.98 Å². The van der Waals surface area contributed by atoms with Crippen LogP contribution in [0.2, 0.25) is 0 Å². The van der Waals surface area contributed by atoms with E-state index in [0.717, 1.165) is 38.9 Å². The zero-order valence-corrected chi connectivity index (χ0v) is 14.0. The van der Waals surface area contributed by atoms with Crippen molar-refractivity contribution in [3.8, 4) is 22.5 Å². The fourth-order valence-corrected chi connectivity index (χ4v) is 3.24. The number of benzene rings is 3. The largest absolute Gasteiger partial charge is 0.252 e. The molecule has 0 fully saturated rings. The zero-order valence-electron chi connectivity index (χ0n) is 14.0. The number of hydrogen-bond acceptors (Lipinski definition) is 3. The lowest BCUT2D eigenvalue weighted by Crippen LogP contribution is -1.93. The van der Waals surface area contributed by atoms with Gasteiger partial charge < -0.3 is 0 Å². The fraction of sp³-hybridized carbons (Fsp3) is 0. The molecule has 0 spiro atoms. The van der Waals surface area contributed by atoms with Crippen molar-refractivity contribution in [2.45, 2.75) is 0 Å². The molecular formula is C23H15N3. The molecule has 0 atom stereocenters. The third-order valence-corrected chi connectivity index (χ3v) is 4.51. The highest BCUT2D eigenvalue weighted by Gasteiger charge is 2.11. The number of nitrogens with zero attached hydrogens (tertiary/aromatic N) is 3. The Hall–Kier alpha value is -3.59. The minimum Gasteiger partial charge on any atom is -0.252 e. The number of aromatic nitrogens is 3. The summed E-state index contributed by atoms with van der Waals surface area (Å²) in [7, 11) is 0. The third-order valence-electron chi connectivity index (χ3n) is 4.51. The predicted molar refractivity (Wildman–Crippen MR) is 106 cm³/mol. The Balaban J connectivity index is 1.77. The maximum Gasteiger partial charge on any atom is 0.108 e. The van der Waals surface area contributed by atoms with Gasteiger partial charge in [0.05, 0.1) is 28.4 Å². The number of para-hydroxylation sites is 3. The van der Waals surface area contributed by atoms with E-state index in [-0.39, 0.29) is 0 Å². The van der Waals surface area contributed by atoms with E-state index in [1.54, 1.807) is 6.20 Å². The maximum atomic E-state index is 4.84. The summed E-state index contributed by atoms with van der Waals surface area (Å²) in [4.78, 5) is 14.1. The number of hydrogen-bond donors (Lipinski definition) is 0. The van der Waals surface area contributed by atoms with Gasteiger partial charge in [0.1, 0.15) is 5.69 Å². The first-order valence-corrected chi connectivity index (χ1v) is 8.56. The van der Waals surface area contributed by atoms with E-state index in [1.165, 1.54) is 5.56 Å². The lowest BCUT2D eigenvalue weighted by molar-refractivity contribution is 1.26. The molecule has 0 N–H and O–H groups in total. The first-order valence-electron chi connectivity index (χ1n) is 8.56. The van der Waals surface area contributed by atoms with Crippen molar-refractivity contribution in [3.63, 3.8) is 0 Å². The van der Waals surface area contributed by atoms with Crippen LogP contribution in [0.15, 0.2) is 91.1 Å². The standard InChI is InChI=1S/C23H15N3/c1-2-8-16(9-3-1)18-14-22(25-19-11-5-4-10-17(18)19)23-15-24-20-12-6-7-13-21(20)26-23/h1-15H. The van der Waals surface area contributed by atoms with E-state index >= 15 is 0 Å². The molecular weight excluding hydrogens is 318 g/mol. The Kier molecular flexibility index (Phi) is 3.42. The highest BCUT2D eigenvalue weighted by molar-refractivity contribution is 5.96. The monoisotopic (exact) mass is 333 g/mol. The molecule has 5 rings (SSSR count). The van der Waals surface area contributed by atoms with Crippen LogP contribution in [0, 0.1) is 0 Å². The number of rotatable bonds is 2. The van der Waals surface area contributed by atoms with Gasteiger partial charge in [0.15, 0.2) is 0 Å². The van der Waals surface area contributed by atoms with Crippen LogP contribution in [-0.2, 0) is 0 Å². The molecule has 3 heteroatoms. The van der Waals surface area contributed by atoms with Gasteiger partial charge in [0.2, 0.25) is 0 Å². The molecule has 0 aliphatic carbocycles. The molecule has 0 aliphatic rings. The second-order valence-electron chi connectivity index (χ2n) is 6.18. The molecule has 3 nitrogen and oxygen atoms in total. The van der Waals surface area contributed by atoms with Gasteiger partial charge in [0, 0.05) is 5.39 Å². The highest BCUT2D eigenvalue weighted by Crippen LogP contribution is 2.31. The van der Waals surface area contributed by atoms with Crippen LogP contribution in [0.3, 0.4) is 0 Å². The third kappa shape index (κ3) is 2.50. The topological polar surface area (TPSA) is 38.7 Å². The summed E-state index contributed by atoms with van der Waals surface area (Å²) in [6.07, 6.45) is 1.80. The van der Waals surface area contributed by atoms with Crippen molar-refractivity contribution >= 4 is 21.9 Å². The fourth-order valence-electron chi connectivity index (χ4n) is 3.24. The summed E-state index contributed by atoms with van der Waals surface area (Å²) in [5, 5.41) is 1.14. The second kappa shape index (κ2) is 6.05. The van der Waals surface area contributed by atoms with Crippen molar-refractivity contribution in [1.29, 1.82) is 0 Å². The molecule has 0 saturated heterocycles. The van der Waals surface area contributed by atoms with E-state index in [0.29, 0.717) is 0 Å². The van der Waals surface area contributed by atoms with Crippen molar-refractivity contribution in [2.24, 2.45) is 0 Å². The van der Waals surface area contributed by atoms with E-state index in [1.807, 2.05) is 48.5 Å². The Morgan fingerprint density at radius 3 is 2.04 bits per heavy atom. The van der Waals surface area contributed by atoms with Gasteiger partial charge in [0.25, 0.3) is 0 Å². The normalized spacial score (nSPS) is 11.1. The summed E-state index contributed by atoms with van der Waals surface area (Å²) >= 11 is 0. The van der Waals surface area contributed by atoms with Gasteiger partial charge in [-0.05, 0) is 35.4 Å². The number of fused-ring (bicyclic) bond motifs is 2. The summed E-state index contributed by atoms with van der Waals surface area (Å²) in [6.45, 7) is 0. The van der Waals surface area contributed by atoms with Gasteiger partial charge in [-0.2, -0.15) is 0 Å². The maximum absolute atomic E-state index is 4.84. The molecule has 2 aromatic heterocycles. The second-order valence-corrected chi connectivity index (χ2v) is 6.18. The van der Waals surface area contributed by atoms with Crippen LogP contribution in [0.5, 0.6) is 0 Å². The van der Waals surface area contributed by atoms with Crippen molar-refractivity contribution in [1.82, 2.24) is 15.0 Å². The molecule has 0 radical (unpaired) electrons. The smallest absolute Gasteiger partial charge is 0.108 e. The predicted octanol–water partition coefficient (Wildman–Crippen LogP) is 5.51. The summed E-state index contributed by atoms with van der Waals surface area (Å²) < 4.78 is 0. The summed E-state index contributed by atoms with van der Waals surface area (Å²) in [5.41, 5.74) is 6.66. The molecule has 5 aromatic rings. The average Bonchev–Trinajstić information content (AvgIpc) is 2.73. The van der Waals surface area contributed by atoms with Crippen LogP contribution in [0.25, 0.3) is 44.5 Å². The molecule has 3 aromatic carbocycles. The van der Waals surface area contributed by atoms with Crippen LogP contribution in [-0.4, -0.2) is 15.0 Å². The highest BCUT2D eigenvalue weighted by atomic mass is 14.8. The Labute approximate surface area is 151 Å². The minimum atomic E-state index is 0.784. The first-order chi connectivity index (χ1) is 12.9. The Morgan fingerprint density at radius 2 is 1.19 bits per heavy atom. The molecule has 0 saturated carbocycles. The van der Waals surface area contributed by atoms with E-state index in [9.17, 15) is 0 Å². The first kappa shape index (κ1) is 14.7. The van der Waals surface area contributed by atoms with Crippen LogP contribution in [0.1, 0.15) is 0 Å². The molecule has 26 heavy (non-hydrogen) atoms. The Bertz CT molecular complexity index is 1230. The molecule has 0 aliphatic heterocycles. The molecule has 122 valence electrons. The summed E-state index contributed by atoms with van der Waals surface area (Å²) in [6, 6.07) is 28.6. The van der Waals surface area contributed by atoms with Gasteiger partial charge >= 0.3 is 0 Å². The lowest BCUT2D eigenvalue weighted by atomic mass is 9.99. The molecule has 0 unspecified atom stereocenters. The Morgan fingerprint density at radius 1 is 0.538 bits per heavy atom. The van der Waals surface area contributed by atoms with Gasteiger partial charge in [-0.1, -0.05) is 60.7 Å². The van der Waals surface area contributed by atoms with Crippen LogP contribution >= 0.6 is 0 Å². The molecule has 0 amide bonds. The minimum absolute atomic E-state index is 0.784.